The molecule has 0 saturated heterocycles. The molecule has 29 heavy (non-hydrogen) atoms. The third-order valence-electron chi connectivity index (χ3n) is 3.92. The predicted molar refractivity (Wildman–Crippen MR) is 112 cm³/mol. The lowest BCUT2D eigenvalue weighted by molar-refractivity contribution is -0.136. The Balaban J connectivity index is 1.57. The number of ether oxygens (including phenoxy) is 2. The lowest BCUT2D eigenvalue weighted by Gasteiger charge is -2.11. The predicted octanol–water partition coefficient (Wildman–Crippen LogP) is 3.31. The van der Waals surface area contributed by atoms with E-state index in [2.05, 4.69) is 10.6 Å². The zero-order valence-corrected chi connectivity index (χ0v) is 17.3. The number of hydrogen-bond donors (Lipinski definition) is 2. The maximum Gasteiger partial charge on any atom is 0.313 e. The average molecular weight is 431 g/mol. The van der Waals surface area contributed by atoms with Gasteiger partial charge in [-0.3, -0.25) is 14.4 Å². The van der Waals surface area contributed by atoms with Crippen LogP contribution in [-0.2, 0) is 16.1 Å². The minimum absolute atomic E-state index is 0.0491. The number of ketones is 1. The van der Waals surface area contributed by atoms with Crippen LogP contribution in [0.4, 0.5) is 5.69 Å². The minimum atomic E-state index is -0.820. The highest BCUT2D eigenvalue weighted by molar-refractivity contribution is 7.16. The zero-order chi connectivity index (χ0) is 20.8. The zero-order valence-electron chi connectivity index (χ0n) is 15.7. The second-order valence-corrected chi connectivity index (χ2v) is 7.89. The molecule has 0 unspecified atom stereocenters. The molecule has 2 heterocycles. The van der Waals surface area contributed by atoms with E-state index in [0.717, 1.165) is 4.88 Å². The van der Waals surface area contributed by atoms with Gasteiger partial charge in [0.05, 0.1) is 36.2 Å². The van der Waals surface area contributed by atoms with Crippen molar-refractivity contribution < 1.29 is 23.9 Å². The molecular formula is C20H18N2O5S2. The lowest BCUT2D eigenvalue weighted by Crippen LogP contribution is -2.34. The van der Waals surface area contributed by atoms with Crippen molar-refractivity contribution >= 4 is 46.0 Å². The first-order valence-electron chi connectivity index (χ1n) is 8.50. The first-order chi connectivity index (χ1) is 14.0. The number of carbonyl (C=O) groups is 3. The number of thiophene rings is 2. The van der Waals surface area contributed by atoms with E-state index in [9.17, 15) is 14.4 Å². The van der Waals surface area contributed by atoms with Gasteiger partial charge in [-0.15, -0.1) is 22.7 Å². The Kier molecular flexibility index (Phi) is 6.63. The monoisotopic (exact) mass is 430 g/mol. The van der Waals surface area contributed by atoms with E-state index in [-0.39, 0.29) is 12.3 Å². The van der Waals surface area contributed by atoms with Gasteiger partial charge in [0.1, 0.15) is 11.5 Å². The molecule has 0 atom stereocenters. The Morgan fingerprint density at radius 3 is 2.48 bits per heavy atom. The standard InChI is InChI=1S/C20H18N2O5S2/c1-26-12-5-7-14(15(10-12)27-2)22-20(25)19(24)21-11-13-6-8-17(29-13)18(23)16-4-3-9-28-16/h3-10H,11H2,1-2H3,(H,21,24)(H,22,25). The quantitative estimate of drug-likeness (QED) is 0.443. The summed E-state index contributed by atoms with van der Waals surface area (Å²) < 4.78 is 10.3. The molecule has 2 aromatic heterocycles. The fourth-order valence-corrected chi connectivity index (χ4v) is 4.10. The summed E-state index contributed by atoms with van der Waals surface area (Å²) >= 11 is 2.66. The Hall–Kier alpha value is -3.17. The van der Waals surface area contributed by atoms with Gasteiger partial charge in [0.2, 0.25) is 5.78 Å². The Bertz CT molecular complexity index is 1030. The second-order valence-electron chi connectivity index (χ2n) is 5.78. The molecule has 3 rings (SSSR count). The topological polar surface area (TPSA) is 93.7 Å². The summed E-state index contributed by atoms with van der Waals surface area (Å²) in [6.45, 7) is 0.147. The molecule has 0 aliphatic heterocycles. The van der Waals surface area contributed by atoms with Gasteiger partial charge in [-0.05, 0) is 35.7 Å². The molecule has 0 aliphatic carbocycles. The Morgan fingerprint density at radius 1 is 0.966 bits per heavy atom. The Labute approximate surface area is 175 Å². The third-order valence-corrected chi connectivity index (χ3v) is 5.87. The molecule has 0 radical (unpaired) electrons. The number of methoxy groups -OCH3 is 2. The van der Waals surface area contributed by atoms with E-state index in [4.69, 9.17) is 9.47 Å². The highest BCUT2D eigenvalue weighted by atomic mass is 32.1. The molecule has 0 fully saturated rings. The molecule has 150 valence electrons. The highest BCUT2D eigenvalue weighted by Gasteiger charge is 2.17. The molecule has 2 amide bonds. The molecule has 0 saturated carbocycles. The number of rotatable bonds is 7. The molecule has 1 aromatic carbocycles. The molecule has 2 N–H and O–H groups in total. The van der Waals surface area contributed by atoms with E-state index in [1.165, 1.54) is 36.9 Å². The van der Waals surface area contributed by atoms with Crippen molar-refractivity contribution in [3.8, 4) is 11.5 Å². The van der Waals surface area contributed by atoms with Crippen molar-refractivity contribution in [2.75, 3.05) is 19.5 Å². The fourth-order valence-electron chi connectivity index (χ4n) is 2.45. The smallest absolute Gasteiger partial charge is 0.313 e. The number of anilines is 1. The number of amides is 2. The molecule has 0 spiro atoms. The molecule has 9 heteroatoms. The Morgan fingerprint density at radius 2 is 1.79 bits per heavy atom. The normalized spacial score (nSPS) is 10.3. The van der Waals surface area contributed by atoms with E-state index in [0.29, 0.717) is 26.9 Å². The van der Waals surface area contributed by atoms with Crippen LogP contribution >= 0.6 is 22.7 Å². The van der Waals surface area contributed by atoms with Crippen molar-refractivity contribution in [3.63, 3.8) is 0 Å². The average Bonchev–Trinajstić information content (AvgIpc) is 3.44. The first-order valence-corrected chi connectivity index (χ1v) is 10.2. The third kappa shape index (κ3) is 5.01. The van der Waals surface area contributed by atoms with Crippen molar-refractivity contribution in [3.05, 3.63) is 62.5 Å². The molecule has 0 aliphatic rings. The van der Waals surface area contributed by atoms with Gasteiger partial charge in [-0.25, -0.2) is 0 Å². The van der Waals surface area contributed by atoms with Crippen LogP contribution in [0.5, 0.6) is 11.5 Å². The summed E-state index contributed by atoms with van der Waals surface area (Å²) in [6.07, 6.45) is 0. The van der Waals surface area contributed by atoms with Gasteiger partial charge in [0, 0.05) is 10.9 Å². The lowest BCUT2D eigenvalue weighted by atomic mass is 10.2. The maximum atomic E-state index is 12.3. The fraction of sp³-hybridized carbons (Fsp3) is 0.150. The van der Waals surface area contributed by atoms with Crippen LogP contribution in [-0.4, -0.2) is 31.8 Å². The first kappa shape index (κ1) is 20.6. The highest BCUT2D eigenvalue weighted by Crippen LogP contribution is 2.29. The van der Waals surface area contributed by atoms with E-state index in [1.54, 1.807) is 36.4 Å². The van der Waals surface area contributed by atoms with Crippen molar-refractivity contribution in [2.24, 2.45) is 0 Å². The molecule has 0 bridgehead atoms. The summed E-state index contributed by atoms with van der Waals surface area (Å²) in [5.74, 6) is -0.718. The SMILES string of the molecule is COc1ccc(NC(=O)C(=O)NCc2ccc(C(=O)c3cccs3)s2)c(OC)c1. The van der Waals surface area contributed by atoms with Crippen LogP contribution in [0.15, 0.2) is 47.8 Å². The van der Waals surface area contributed by atoms with Crippen molar-refractivity contribution in [1.82, 2.24) is 5.32 Å². The summed E-state index contributed by atoms with van der Waals surface area (Å²) in [5.41, 5.74) is 0.355. The second kappa shape index (κ2) is 9.35. The minimum Gasteiger partial charge on any atom is -0.497 e. The summed E-state index contributed by atoms with van der Waals surface area (Å²) in [6, 6.07) is 11.9. The largest absolute Gasteiger partial charge is 0.497 e. The number of nitrogens with one attached hydrogen (secondary N) is 2. The number of hydrogen-bond acceptors (Lipinski definition) is 7. The maximum absolute atomic E-state index is 12.3. The van der Waals surface area contributed by atoms with Crippen LogP contribution in [0.2, 0.25) is 0 Å². The van der Waals surface area contributed by atoms with Crippen molar-refractivity contribution in [1.29, 1.82) is 0 Å². The van der Waals surface area contributed by atoms with E-state index >= 15 is 0 Å². The van der Waals surface area contributed by atoms with Gasteiger partial charge >= 0.3 is 11.8 Å². The van der Waals surface area contributed by atoms with Crippen LogP contribution < -0.4 is 20.1 Å². The van der Waals surface area contributed by atoms with E-state index in [1.807, 2.05) is 11.4 Å². The molecule has 3 aromatic rings. The van der Waals surface area contributed by atoms with Gasteiger partial charge in [-0.2, -0.15) is 0 Å². The summed E-state index contributed by atoms with van der Waals surface area (Å²) in [5, 5.41) is 6.91. The number of carbonyl (C=O) groups excluding carboxylic acids is 3. The molecule has 7 nitrogen and oxygen atoms in total. The number of benzene rings is 1. The van der Waals surface area contributed by atoms with Crippen molar-refractivity contribution in [2.45, 2.75) is 6.54 Å². The van der Waals surface area contributed by atoms with Gasteiger partial charge < -0.3 is 20.1 Å². The van der Waals surface area contributed by atoms with Crippen LogP contribution in [0.25, 0.3) is 0 Å². The molecular weight excluding hydrogens is 412 g/mol. The van der Waals surface area contributed by atoms with Crippen LogP contribution in [0, 0.1) is 0 Å². The van der Waals surface area contributed by atoms with Gasteiger partial charge in [0.15, 0.2) is 0 Å². The summed E-state index contributed by atoms with van der Waals surface area (Å²) in [4.78, 5) is 38.6. The van der Waals surface area contributed by atoms with Crippen LogP contribution in [0.1, 0.15) is 19.4 Å². The van der Waals surface area contributed by atoms with Crippen LogP contribution in [0.3, 0.4) is 0 Å². The summed E-state index contributed by atoms with van der Waals surface area (Å²) in [7, 11) is 2.97. The van der Waals surface area contributed by atoms with Gasteiger partial charge in [0.25, 0.3) is 0 Å². The van der Waals surface area contributed by atoms with Gasteiger partial charge in [-0.1, -0.05) is 6.07 Å². The van der Waals surface area contributed by atoms with E-state index < -0.39 is 11.8 Å².